The zero-order valence-electron chi connectivity index (χ0n) is 11.3. The summed E-state index contributed by atoms with van der Waals surface area (Å²) < 4.78 is 5.04. The van der Waals surface area contributed by atoms with E-state index >= 15 is 0 Å². The molecule has 1 amide bonds. The van der Waals surface area contributed by atoms with E-state index in [0.717, 1.165) is 5.56 Å². The Kier molecular flexibility index (Phi) is 4.11. The number of nitrogens with two attached hydrogens (primary N) is 1. The molecule has 2 aromatic rings. The number of rotatable bonds is 4. The van der Waals surface area contributed by atoms with Gasteiger partial charge in [0.1, 0.15) is 5.69 Å². The highest BCUT2D eigenvalue weighted by molar-refractivity contribution is 6.30. The molecule has 106 valence electrons. The second-order valence-corrected chi connectivity index (χ2v) is 5.69. The SMILES string of the molecule is CC(C)(N)CNC(=O)c1cc(-c2cccc(Cl)c2)no1. The van der Waals surface area contributed by atoms with Crippen molar-refractivity contribution in [2.75, 3.05) is 6.54 Å². The summed E-state index contributed by atoms with van der Waals surface area (Å²) in [7, 11) is 0. The molecular formula is C14H16ClN3O2. The summed E-state index contributed by atoms with van der Waals surface area (Å²) in [5, 5.41) is 7.16. The molecule has 0 bridgehead atoms. The van der Waals surface area contributed by atoms with Crippen LogP contribution in [0.5, 0.6) is 0 Å². The summed E-state index contributed by atoms with van der Waals surface area (Å²) in [5.41, 5.74) is 6.67. The summed E-state index contributed by atoms with van der Waals surface area (Å²) in [6, 6.07) is 8.74. The van der Waals surface area contributed by atoms with Crippen LogP contribution in [-0.2, 0) is 0 Å². The van der Waals surface area contributed by atoms with E-state index in [-0.39, 0.29) is 11.7 Å². The molecule has 1 aromatic heterocycles. The van der Waals surface area contributed by atoms with Gasteiger partial charge in [0, 0.05) is 28.7 Å². The highest BCUT2D eigenvalue weighted by atomic mass is 35.5. The molecule has 0 unspecified atom stereocenters. The van der Waals surface area contributed by atoms with Gasteiger partial charge in [0.25, 0.3) is 5.91 Å². The predicted molar refractivity (Wildman–Crippen MR) is 77.5 cm³/mol. The van der Waals surface area contributed by atoms with Crippen molar-refractivity contribution in [3.63, 3.8) is 0 Å². The second-order valence-electron chi connectivity index (χ2n) is 5.26. The monoisotopic (exact) mass is 293 g/mol. The van der Waals surface area contributed by atoms with Gasteiger partial charge in [-0.25, -0.2) is 0 Å². The molecule has 1 heterocycles. The average Bonchev–Trinajstić information content (AvgIpc) is 2.84. The minimum atomic E-state index is -0.481. The van der Waals surface area contributed by atoms with E-state index in [2.05, 4.69) is 10.5 Å². The normalized spacial score (nSPS) is 11.4. The quantitative estimate of drug-likeness (QED) is 0.907. The molecule has 0 saturated heterocycles. The van der Waals surface area contributed by atoms with Crippen LogP contribution in [0.3, 0.4) is 0 Å². The van der Waals surface area contributed by atoms with Crippen molar-refractivity contribution >= 4 is 17.5 Å². The minimum absolute atomic E-state index is 0.143. The van der Waals surface area contributed by atoms with Crippen molar-refractivity contribution in [3.05, 3.63) is 41.1 Å². The van der Waals surface area contributed by atoms with Crippen LogP contribution in [0.4, 0.5) is 0 Å². The third-order valence-corrected chi connectivity index (χ3v) is 2.79. The molecule has 0 radical (unpaired) electrons. The number of hydrogen-bond acceptors (Lipinski definition) is 4. The van der Waals surface area contributed by atoms with Crippen LogP contribution in [0.1, 0.15) is 24.4 Å². The smallest absolute Gasteiger partial charge is 0.289 e. The maximum absolute atomic E-state index is 11.9. The number of hydrogen-bond donors (Lipinski definition) is 2. The average molecular weight is 294 g/mol. The first kappa shape index (κ1) is 14.6. The topological polar surface area (TPSA) is 81.1 Å². The van der Waals surface area contributed by atoms with Gasteiger partial charge in [-0.1, -0.05) is 28.9 Å². The van der Waals surface area contributed by atoms with Crippen molar-refractivity contribution in [2.45, 2.75) is 19.4 Å². The number of benzene rings is 1. The largest absolute Gasteiger partial charge is 0.350 e. The van der Waals surface area contributed by atoms with Crippen molar-refractivity contribution in [2.24, 2.45) is 5.73 Å². The molecule has 0 aliphatic rings. The summed E-state index contributed by atoms with van der Waals surface area (Å²) >= 11 is 5.91. The zero-order chi connectivity index (χ0) is 14.8. The van der Waals surface area contributed by atoms with Gasteiger partial charge in [0.15, 0.2) is 0 Å². The van der Waals surface area contributed by atoms with Gasteiger partial charge >= 0.3 is 0 Å². The van der Waals surface area contributed by atoms with Gasteiger partial charge in [-0.05, 0) is 26.0 Å². The molecule has 6 heteroatoms. The van der Waals surface area contributed by atoms with Crippen molar-refractivity contribution in [1.82, 2.24) is 10.5 Å². The van der Waals surface area contributed by atoms with E-state index < -0.39 is 5.54 Å². The molecule has 3 N–H and O–H groups in total. The van der Waals surface area contributed by atoms with Crippen LogP contribution in [-0.4, -0.2) is 23.1 Å². The summed E-state index contributed by atoms with van der Waals surface area (Å²) in [6.45, 7) is 4.00. The van der Waals surface area contributed by atoms with Gasteiger partial charge in [0.05, 0.1) is 0 Å². The number of aromatic nitrogens is 1. The molecule has 1 aromatic carbocycles. The van der Waals surface area contributed by atoms with Gasteiger partial charge in [-0.15, -0.1) is 0 Å². The molecule has 5 nitrogen and oxygen atoms in total. The predicted octanol–water partition coefficient (Wildman–Crippen LogP) is 2.46. The lowest BCUT2D eigenvalue weighted by atomic mass is 10.1. The molecule has 20 heavy (non-hydrogen) atoms. The Morgan fingerprint density at radius 3 is 2.85 bits per heavy atom. The maximum Gasteiger partial charge on any atom is 0.289 e. The van der Waals surface area contributed by atoms with E-state index in [1.807, 2.05) is 26.0 Å². The minimum Gasteiger partial charge on any atom is -0.350 e. The first-order chi connectivity index (χ1) is 9.35. The number of nitrogens with zero attached hydrogens (tertiary/aromatic N) is 1. The van der Waals surface area contributed by atoms with Gasteiger partial charge < -0.3 is 15.6 Å². The Morgan fingerprint density at radius 2 is 2.20 bits per heavy atom. The number of carbonyl (C=O) groups excluding carboxylic acids is 1. The van der Waals surface area contributed by atoms with Crippen LogP contribution in [0, 0.1) is 0 Å². The van der Waals surface area contributed by atoms with E-state index in [1.54, 1.807) is 18.2 Å². The first-order valence-electron chi connectivity index (χ1n) is 6.15. The first-order valence-corrected chi connectivity index (χ1v) is 6.53. The Hall–Kier alpha value is -1.85. The van der Waals surface area contributed by atoms with Crippen LogP contribution in [0.15, 0.2) is 34.9 Å². The fourth-order valence-electron chi connectivity index (χ4n) is 1.56. The lowest BCUT2D eigenvalue weighted by molar-refractivity contribution is 0.0909. The summed E-state index contributed by atoms with van der Waals surface area (Å²) in [5.74, 6) is -0.200. The molecule has 2 rings (SSSR count). The second kappa shape index (κ2) is 5.64. The van der Waals surface area contributed by atoms with E-state index in [0.29, 0.717) is 17.3 Å². The lowest BCUT2D eigenvalue weighted by Crippen LogP contribution is -2.45. The molecule has 0 fully saturated rings. The summed E-state index contributed by atoms with van der Waals surface area (Å²) in [6.07, 6.45) is 0. The Bertz CT molecular complexity index is 617. The Balaban J connectivity index is 2.11. The van der Waals surface area contributed by atoms with Crippen LogP contribution in [0.2, 0.25) is 5.02 Å². The summed E-state index contributed by atoms with van der Waals surface area (Å²) in [4.78, 5) is 11.9. The zero-order valence-corrected chi connectivity index (χ0v) is 12.1. The van der Waals surface area contributed by atoms with Crippen LogP contribution < -0.4 is 11.1 Å². The Morgan fingerprint density at radius 1 is 1.45 bits per heavy atom. The molecule has 0 spiro atoms. The molecular weight excluding hydrogens is 278 g/mol. The van der Waals surface area contributed by atoms with Crippen LogP contribution in [0.25, 0.3) is 11.3 Å². The fraction of sp³-hybridized carbons (Fsp3) is 0.286. The molecule has 0 aliphatic heterocycles. The number of halogens is 1. The van der Waals surface area contributed by atoms with E-state index in [4.69, 9.17) is 21.9 Å². The highest BCUT2D eigenvalue weighted by Gasteiger charge is 2.17. The molecule has 0 aliphatic carbocycles. The number of carbonyl (C=O) groups is 1. The molecule has 0 saturated carbocycles. The van der Waals surface area contributed by atoms with Crippen LogP contribution >= 0.6 is 11.6 Å². The van der Waals surface area contributed by atoms with Crippen molar-refractivity contribution < 1.29 is 9.32 Å². The van der Waals surface area contributed by atoms with Gasteiger partial charge in [-0.3, -0.25) is 4.79 Å². The van der Waals surface area contributed by atoms with Crippen molar-refractivity contribution in [1.29, 1.82) is 0 Å². The fourth-order valence-corrected chi connectivity index (χ4v) is 1.75. The van der Waals surface area contributed by atoms with E-state index in [1.165, 1.54) is 0 Å². The number of amides is 1. The van der Waals surface area contributed by atoms with E-state index in [9.17, 15) is 4.79 Å². The maximum atomic E-state index is 11.9. The van der Waals surface area contributed by atoms with Gasteiger partial charge in [-0.2, -0.15) is 0 Å². The molecule has 0 atom stereocenters. The third-order valence-electron chi connectivity index (χ3n) is 2.56. The highest BCUT2D eigenvalue weighted by Crippen LogP contribution is 2.22. The standard InChI is InChI=1S/C14H16ClN3O2/c1-14(2,16)8-17-13(19)12-7-11(18-20-12)9-4-3-5-10(15)6-9/h3-7H,8,16H2,1-2H3,(H,17,19). The van der Waals surface area contributed by atoms with Gasteiger partial charge in [0.2, 0.25) is 5.76 Å². The Labute approximate surface area is 122 Å². The third kappa shape index (κ3) is 3.82. The van der Waals surface area contributed by atoms with Crippen molar-refractivity contribution in [3.8, 4) is 11.3 Å². The lowest BCUT2D eigenvalue weighted by Gasteiger charge is -2.18. The number of nitrogens with one attached hydrogen (secondary N) is 1.